The van der Waals surface area contributed by atoms with E-state index < -0.39 is 10.0 Å². The summed E-state index contributed by atoms with van der Waals surface area (Å²) in [6, 6.07) is 17.6. The summed E-state index contributed by atoms with van der Waals surface area (Å²) < 4.78 is 29.5. The summed E-state index contributed by atoms with van der Waals surface area (Å²) in [4.78, 5) is 22.7. The second-order valence-corrected chi connectivity index (χ2v) is 12.6. The van der Waals surface area contributed by atoms with Crippen LogP contribution in [0, 0.1) is 20.8 Å². The number of thiazole rings is 1. The minimum Gasteiger partial charge on any atom is -0.351 e. The minimum atomic E-state index is -3.81. The monoisotopic (exact) mass is 563 g/mol. The van der Waals surface area contributed by atoms with Gasteiger partial charge in [-0.05, 0) is 62.2 Å². The van der Waals surface area contributed by atoms with Crippen molar-refractivity contribution in [2.45, 2.75) is 25.7 Å². The van der Waals surface area contributed by atoms with Crippen molar-refractivity contribution in [2.24, 2.45) is 0 Å². The number of aryl methyl sites for hydroxylation is 3. The van der Waals surface area contributed by atoms with Crippen LogP contribution in [-0.4, -0.2) is 63.5 Å². The lowest BCUT2D eigenvalue weighted by Crippen LogP contribution is -2.48. The molecule has 8 nitrogen and oxygen atoms in total. The van der Waals surface area contributed by atoms with Crippen molar-refractivity contribution in [1.82, 2.24) is 15.2 Å². The lowest BCUT2D eigenvalue weighted by atomic mass is 10.1. The summed E-state index contributed by atoms with van der Waals surface area (Å²) in [5.41, 5.74) is 5.12. The minimum absolute atomic E-state index is 0.151. The number of fused-ring (bicyclic) bond motifs is 1. The molecular weight excluding hydrogens is 530 g/mol. The molecule has 0 saturated carbocycles. The van der Waals surface area contributed by atoms with Gasteiger partial charge >= 0.3 is 0 Å². The number of sulfonamides is 1. The van der Waals surface area contributed by atoms with Gasteiger partial charge < -0.3 is 10.2 Å². The van der Waals surface area contributed by atoms with E-state index in [-0.39, 0.29) is 16.5 Å². The Morgan fingerprint density at radius 2 is 1.67 bits per heavy atom. The highest BCUT2D eigenvalue weighted by atomic mass is 32.2. The van der Waals surface area contributed by atoms with Crippen molar-refractivity contribution in [2.75, 3.05) is 48.9 Å². The van der Waals surface area contributed by atoms with Crippen molar-refractivity contribution in [3.8, 4) is 0 Å². The number of carbonyl (C=O) groups excluding carboxylic acids is 1. The van der Waals surface area contributed by atoms with Gasteiger partial charge in [0.05, 0.1) is 26.4 Å². The van der Waals surface area contributed by atoms with Gasteiger partial charge in [0.25, 0.3) is 15.9 Å². The number of para-hydroxylation sites is 1. The second kappa shape index (κ2) is 11.3. The SMILES string of the molecule is Cc1ccc(S(=O)(=O)Nc2ccccc2C(=O)NCCN2CCN(c3nc4c(C)c(C)ccc4s3)CC2)cc1. The largest absolute Gasteiger partial charge is 0.351 e. The lowest BCUT2D eigenvalue weighted by Gasteiger charge is -2.34. The number of amides is 1. The Kier molecular flexibility index (Phi) is 7.88. The molecule has 1 aliphatic heterocycles. The smallest absolute Gasteiger partial charge is 0.261 e. The molecule has 204 valence electrons. The highest BCUT2D eigenvalue weighted by Crippen LogP contribution is 2.32. The van der Waals surface area contributed by atoms with E-state index in [1.165, 1.54) is 15.8 Å². The molecule has 4 aromatic rings. The van der Waals surface area contributed by atoms with Gasteiger partial charge in [-0.2, -0.15) is 0 Å². The molecule has 0 radical (unpaired) electrons. The van der Waals surface area contributed by atoms with Crippen LogP contribution in [0.15, 0.2) is 65.6 Å². The molecule has 0 bridgehead atoms. The fourth-order valence-electron chi connectivity index (χ4n) is 4.63. The summed E-state index contributed by atoms with van der Waals surface area (Å²) in [6.07, 6.45) is 0. The molecular formula is C29H33N5O3S2. The number of carbonyl (C=O) groups is 1. The molecule has 0 atom stereocenters. The normalized spacial score (nSPS) is 14.5. The van der Waals surface area contributed by atoms with Gasteiger partial charge in [-0.1, -0.05) is 47.2 Å². The number of benzene rings is 3. The number of nitrogens with one attached hydrogen (secondary N) is 2. The van der Waals surface area contributed by atoms with Crippen molar-refractivity contribution < 1.29 is 13.2 Å². The van der Waals surface area contributed by atoms with Gasteiger partial charge in [0.15, 0.2) is 5.13 Å². The maximum Gasteiger partial charge on any atom is 0.261 e. The zero-order chi connectivity index (χ0) is 27.6. The van der Waals surface area contributed by atoms with E-state index in [1.807, 2.05) is 6.92 Å². The number of rotatable bonds is 8. The summed E-state index contributed by atoms with van der Waals surface area (Å²) >= 11 is 1.74. The average Bonchev–Trinajstić information content (AvgIpc) is 3.37. The summed E-state index contributed by atoms with van der Waals surface area (Å²) in [5, 5.41) is 4.02. The third kappa shape index (κ3) is 6.08. The second-order valence-electron chi connectivity index (χ2n) is 9.90. The maximum absolute atomic E-state index is 13.0. The van der Waals surface area contributed by atoms with Crippen molar-refractivity contribution in [3.05, 3.63) is 82.9 Å². The van der Waals surface area contributed by atoms with Crippen LogP contribution in [0.3, 0.4) is 0 Å². The molecule has 1 aromatic heterocycles. The maximum atomic E-state index is 13.0. The quantitative estimate of drug-likeness (QED) is 0.326. The van der Waals surface area contributed by atoms with Crippen molar-refractivity contribution >= 4 is 48.3 Å². The molecule has 1 saturated heterocycles. The fraction of sp³-hybridized carbons (Fsp3) is 0.310. The first-order valence-electron chi connectivity index (χ1n) is 13.0. The average molecular weight is 564 g/mol. The zero-order valence-electron chi connectivity index (χ0n) is 22.4. The van der Waals surface area contributed by atoms with E-state index in [4.69, 9.17) is 4.98 Å². The third-order valence-electron chi connectivity index (χ3n) is 7.18. The van der Waals surface area contributed by atoms with Gasteiger partial charge in [0.1, 0.15) is 0 Å². The first-order valence-corrected chi connectivity index (χ1v) is 15.3. The molecule has 1 amide bonds. The standard InChI is InChI=1S/C29H33N5O3S2/c1-20-8-11-23(12-9-20)39(36,37)32-25-7-5-4-6-24(25)28(35)30-14-15-33-16-18-34(19-17-33)29-31-27-22(3)21(2)10-13-26(27)38-29/h4-13,32H,14-19H2,1-3H3,(H,30,35). The predicted octanol–water partition coefficient (Wildman–Crippen LogP) is 4.57. The molecule has 0 unspecified atom stereocenters. The number of anilines is 2. The van der Waals surface area contributed by atoms with E-state index >= 15 is 0 Å². The Morgan fingerprint density at radius 3 is 2.41 bits per heavy atom. The van der Waals surface area contributed by atoms with Gasteiger partial charge in [-0.15, -0.1) is 0 Å². The number of piperazine rings is 1. The predicted molar refractivity (Wildman–Crippen MR) is 159 cm³/mol. The van der Waals surface area contributed by atoms with Crippen LogP contribution >= 0.6 is 11.3 Å². The van der Waals surface area contributed by atoms with Gasteiger partial charge in [-0.25, -0.2) is 13.4 Å². The zero-order valence-corrected chi connectivity index (χ0v) is 24.0. The molecule has 1 aliphatic rings. The number of aromatic nitrogens is 1. The number of hydrogen-bond donors (Lipinski definition) is 2. The molecule has 39 heavy (non-hydrogen) atoms. The van der Waals surface area contributed by atoms with Gasteiger partial charge in [-0.3, -0.25) is 14.4 Å². The first kappa shape index (κ1) is 27.1. The van der Waals surface area contributed by atoms with Crippen molar-refractivity contribution in [1.29, 1.82) is 0 Å². The summed E-state index contributed by atoms with van der Waals surface area (Å²) in [6.45, 7) is 10.9. The third-order valence-corrected chi connectivity index (χ3v) is 9.64. The molecule has 0 spiro atoms. The fourth-order valence-corrected chi connectivity index (χ4v) is 6.78. The number of hydrogen-bond acceptors (Lipinski definition) is 7. The van der Waals surface area contributed by atoms with E-state index in [2.05, 4.69) is 45.8 Å². The Hall–Kier alpha value is -3.47. The molecule has 10 heteroatoms. The topological polar surface area (TPSA) is 94.6 Å². The first-order chi connectivity index (χ1) is 18.7. The Balaban J connectivity index is 1.14. The van der Waals surface area contributed by atoms with Crippen LogP contribution < -0.4 is 14.9 Å². The lowest BCUT2D eigenvalue weighted by molar-refractivity contribution is 0.0948. The van der Waals surface area contributed by atoms with Crippen LogP contribution in [0.2, 0.25) is 0 Å². The molecule has 2 N–H and O–H groups in total. The summed E-state index contributed by atoms with van der Waals surface area (Å²) in [7, 11) is -3.81. The van der Waals surface area contributed by atoms with Crippen LogP contribution in [0.5, 0.6) is 0 Å². The van der Waals surface area contributed by atoms with Crippen molar-refractivity contribution in [3.63, 3.8) is 0 Å². The van der Waals surface area contributed by atoms with E-state index in [9.17, 15) is 13.2 Å². The summed E-state index contributed by atoms with van der Waals surface area (Å²) in [5.74, 6) is -0.309. The van der Waals surface area contributed by atoms with Crippen LogP contribution in [0.4, 0.5) is 10.8 Å². The Labute approximate surface area is 233 Å². The highest BCUT2D eigenvalue weighted by molar-refractivity contribution is 7.92. The van der Waals surface area contributed by atoms with Gasteiger partial charge in [0, 0.05) is 39.3 Å². The van der Waals surface area contributed by atoms with Crippen LogP contribution in [0.25, 0.3) is 10.2 Å². The number of nitrogens with zero attached hydrogens (tertiary/aromatic N) is 3. The molecule has 0 aliphatic carbocycles. The Bertz CT molecular complexity index is 1590. The van der Waals surface area contributed by atoms with Crippen LogP contribution in [-0.2, 0) is 10.0 Å². The van der Waals surface area contributed by atoms with E-state index in [0.29, 0.717) is 12.1 Å². The molecule has 3 aromatic carbocycles. The van der Waals surface area contributed by atoms with Crippen LogP contribution in [0.1, 0.15) is 27.0 Å². The molecule has 2 heterocycles. The van der Waals surface area contributed by atoms with E-state index in [1.54, 1.807) is 59.9 Å². The Morgan fingerprint density at radius 1 is 0.949 bits per heavy atom. The highest BCUT2D eigenvalue weighted by Gasteiger charge is 2.22. The molecule has 1 fully saturated rings. The van der Waals surface area contributed by atoms with E-state index in [0.717, 1.165) is 48.9 Å². The molecule has 5 rings (SSSR count). The van der Waals surface area contributed by atoms with Gasteiger partial charge in [0.2, 0.25) is 0 Å².